The van der Waals surface area contributed by atoms with Crippen LogP contribution in [0.2, 0.25) is 0 Å². The van der Waals surface area contributed by atoms with Crippen molar-refractivity contribution in [2.75, 3.05) is 19.0 Å². The van der Waals surface area contributed by atoms with E-state index in [1.165, 1.54) is 19.1 Å². The number of aromatic hydroxyl groups is 1. The highest BCUT2D eigenvalue weighted by atomic mass is 35.5. The zero-order valence-electron chi connectivity index (χ0n) is 13.7. The van der Waals surface area contributed by atoms with E-state index in [4.69, 9.17) is 11.6 Å². The quantitative estimate of drug-likeness (QED) is 0.436. The predicted octanol–water partition coefficient (Wildman–Crippen LogP) is -0.520. The molecule has 0 saturated heterocycles. The van der Waals surface area contributed by atoms with E-state index in [1.54, 1.807) is 12.1 Å². The fraction of sp³-hybridized carbons (Fsp3) is 0.375. The molecule has 9 heteroatoms. The molecule has 1 atom stereocenters. The first-order chi connectivity index (χ1) is 11.8. The fourth-order valence-electron chi connectivity index (χ4n) is 1.92. The van der Waals surface area contributed by atoms with Crippen LogP contribution in [0.15, 0.2) is 24.3 Å². The minimum absolute atomic E-state index is 0.0902. The van der Waals surface area contributed by atoms with Gasteiger partial charge in [-0.3, -0.25) is 19.2 Å². The molecule has 1 aromatic rings. The van der Waals surface area contributed by atoms with Crippen molar-refractivity contribution in [1.29, 1.82) is 0 Å². The lowest BCUT2D eigenvalue weighted by molar-refractivity contribution is -0.130. The molecular weight excluding hydrogens is 350 g/mol. The van der Waals surface area contributed by atoms with E-state index in [0.717, 1.165) is 5.56 Å². The Hall–Kier alpha value is -2.61. The molecule has 0 aliphatic carbocycles. The molecule has 0 saturated carbocycles. The maximum Gasteiger partial charge on any atom is 0.243 e. The van der Waals surface area contributed by atoms with Crippen molar-refractivity contribution < 1.29 is 24.3 Å². The first-order valence-corrected chi connectivity index (χ1v) is 8.02. The van der Waals surface area contributed by atoms with E-state index in [9.17, 15) is 24.3 Å². The van der Waals surface area contributed by atoms with Gasteiger partial charge in [-0.25, -0.2) is 0 Å². The number of phenolic OH excluding ortho intramolecular Hbond substituents is 1. The summed E-state index contributed by atoms with van der Waals surface area (Å²) >= 11 is 5.31. The average molecular weight is 370 g/mol. The summed E-state index contributed by atoms with van der Waals surface area (Å²) in [6.45, 7) is 0.739. The van der Waals surface area contributed by atoms with Crippen LogP contribution in [0, 0.1) is 0 Å². The Morgan fingerprint density at radius 3 is 2.28 bits per heavy atom. The molecule has 1 unspecified atom stereocenters. The van der Waals surface area contributed by atoms with Gasteiger partial charge in [0.2, 0.25) is 17.7 Å². The standard InChI is InChI=1S/C16H20ClN3O5/c1-10(21)20-14(6-11-2-4-12(22)5-3-11)16(25)19-9-15(24)18-8-13(23)7-17/h2-5,14,22H,6-9H2,1H3,(H,18,24)(H,19,25)(H,20,21). The number of carbonyl (C=O) groups is 4. The average Bonchev–Trinajstić information content (AvgIpc) is 2.58. The van der Waals surface area contributed by atoms with Crippen LogP contribution in [0.5, 0.6) is 5.75 Å². The lowest BCUT2D eigenvalue weighted by atomic mass is 10.0. The van der Waals surface area contributed by atoms with Gasteiger partial charge in [0.25, 0.3) is 0 Å². The summed E-state index contributed by atoms with van der Waals surface area (Å²) in [7, 11) is 0. The van der Waals surface area contributed by atoms with Crippen LogP contribution in [-0.2, 0) is 25.6 Å². The van der Waals surface area contributed by atoms with Crippen LogP contribution >= 0.6 is 11.6 Å². The second-order valence-electron chi connectivity index (χ2n) is 5.29. The van der Waals surface area contributed by atoms with E-state index in [1.807, 2.05) is 0 Å². The van der Waals surface area contributed by atoms with E-state index in [2.05, 4.69) is 16.0 Å². The van der Waals surface area contributed by atoms with Crippen LogP contribution in [0.4, 0.5) is 0 Å². The number of halogens is 1. The third-order valence-electron chi connectivity index (χ3n) is 3.13. The molecule has 136 valence electrons. The van der Waals surface area contributed by atoms with Gasteiger partial charge in [-0.05, 0) is 17.7 Å². The normalized spacial score (nSPS) is 11.3. The molecule has 25 heavy (non-hydrogen) atoms. The number of ketones is 1. The van der Waals surface area contributed by atoms with Gasteiger partial charge in [-0.1, -0.05) is 12.1 Å². The molecular formula is C16H20ClN3O5. The van der Waals surface area contributed by atoms with Crippen molar-refractivity contribution in [3.05, 3.63) is 29.8 Å². The molecule has 0 bridgehead atoms. The van der Waals surface area contributed by atoms with E-state index in [0.29, 0.717) is 0 Å². The SMILES string of the molecule is CC(=O)NC(Cc1ccc(O)cc1)C(=O)NCC(=O)NCC(=O)CCl. The number of amides is 3. The third kappa shape index (κ3) is 8.16. The molecule has 0 spiro atoms. The number of nitrogens with one attached hydrogen (secondary N) is 3. The van der Waals surface area contributed by atoms with Crippen molar-refractivity contribution in [1.82, 2.24) is 16.0 Å². The lowest BCUT2D eigenvalue weighted by Crippen LogP contribution is -2.49. The maximum atomic E-state index is 12.2. The molecule has 0 heterocycles. The predicted molar refractivity (Wildman–Crippen MR) is 91.2 cm³/mol. The van der Waals surface area contributed by atoms with Crippen LogP contribution in [0.25, 0.3) is 0 Å². The van der Waals surface area contributed by atoms with Gasteiger partial charge in [0.15, 0.2) is 5.78 Å². The molecule has 0 fully saturated rings. The number of benzene rings is 1. The topological polar surface area (TPSA) is 125 Å². The Kier molecular flexibility index (Phi) is 8.42. The Morgan fingerprint density at radius 2 is 1.72 bits per heavy atom. The van der Waals surface area contributed by atoms with Crippen molar-refractivity contribution in [2.45, 2.75) is 19.4 Å². The van der Waals surface area contributed by atoms with Crippen LogP contribution < -0.4 is 16.0 Å². The van der Waals surface area contributed by atoms with Crippen molar-refractivity contribution in [3.63, 3.8) is 0 Å². The number of hydrogen-bond donors (Lipinski definition) is 4. The van der Waals surface area contributed by atoms with Crippen LogP contribution in [0.1, 0.15) is 12.5 Å². The number of rotatable bonds is 9. The Labute approximate surface area is 149 Å². The Morgan fingerprint density at radius 1 is 1.08 bits per heavy atom. The first kappa shape index (κ1) is 20.4. The van der Waals surface area contributed by atoms with Crippen LogP contribution in [-0.4, -0.2) is 53.6 Å². The van der Waals surface area contributed by atoms with Crippen LogP contribution in [0.3, 0.4) is 0 Å². The van der Waals surface area contributed by atoms with Crippen molar-refractivity contribution in [2.24, 2.45) is 0 Å². The van der Waals surface area contributed by atoms with Gasteiger partial charge in [0.05, 0.1) is 19.0 Å². The highest BCUT2D eigenvalue weighted by Crippen LogP contribution is 2.11. The first-order valence-electron chi connectivity index (χ1n) is 7.49. The summed E-state index contributed by atoms with van der Waals surface area (Å²) in [4.78, 5) is 46.1. The van der Waals surface area contributed by atoms with Gasteiger partial charge < -0.3 is 21.1 Å². The maximum absolute atomic E-state index is 12.2. The second-order valence-corrected chi connectivity index (χ2v) is 5.56. The highest BCUT2D eigenvalue weighted by Gasteiger charge is 2.20. The third-order valence-corrected chi connectivity index (χ3v) is 3.42. The molecule has 0 aliphatic heterocycles. The van der Waals surface area contributed by atoms with E-state index >= 15 is 0 Å². The summed E-state index contributed by atoms with van der Waals surface area (Å²) in [5.41, 5.74) is 0.726. The zero-order chi connectivity index (χ0) is 18.8. The number of carbonyl (C=O) groups excluding carboxylic acids is 4. The Bertz CT molecular complexity index is 633. The summed E-state index contributed by atoms with van der Waals surface area (Å²) in [6, 6.07) is 5.32. The monoisotopic (exact) mass is 369 g/mol. The minimum atomic E-state index is -0.876. The smallest absolute Gasteiger partial charge is 0.243 e. The van der Waals surface area contributed by atoms with Gasteiger partial charge in [-0.2, -0.15) is 0 Å². The fourth-order valence-corrected chi connectivity index (χ4v) is 2.01. The molecule has 0 aromatic heterocycles. The van der Waals surface area contributed by atoms with E-state index in [-0.39, 0.29) is 36.9 Å². The molecule has 8 nitrogen and oxygen atoms in total. The molecule has 1 aromatic carbocycles. The summed E-state index contributed by atoms with van der Waals surface area (Å²) in [5, 5.41) is 16.5. The molecule has 1 rings (SSSR count). The second kappa shape index (κ2) is 10.3. The summed E-state index contributed by atoms with van der Waals surface area (Å²) in [6.07, 6.45) is 0.193. The molecule has 0 radical (unpaired) electrons. The molecule has 0 aliphatic rings. The largest absolute Gasteiger partial charge is 0.508 e. The van der Waals surface area contributed by atoms with E-state index < -0.39 is 23.8 Å². The van der Waals surface area contributed by atoms with Crippen molar-refractivity contribution in [3.8, 4) is 5.75 Å². The number of Topliss-reactive ketones (excluding diaryl/α,β-unsaturated/α-hetero) is 1. The highest BCUT2D eigenvalue weighted by molar-refractivity contribution is 6.28. The number of hydrogen-bond acceptors (Lipinski definition) is 5. The molecule has 4 N–H and O–H groups in total. The van der Waals surface area contributed by atoms with Gasteiger partial charge in [0.1, 0.15) is 11.8 Å². The number of phenols is 1. The van der Waals surface area contributed by atoms with Gasteiger partial charge in [0, 0.05) is 13.3 Å². The van der Waals surface area contributed by atoms with Gasteiger partial charge >= 0.3 is 0 Å². The minimum Gasteiger partial charge on any atom is -0.508 e. The zero-order valence-corrected chi connectivity index (χ0v) is 14.4. The van der Waals surface area contributed by atoms with Gasteiger partial charge in [-0.15, -0.1) is 11.6 Å². The summed E-state index contributed by atoms with van der Waals surface area (Å²) < 4.78 is 0. The summed E-state index contributed by atoms with van der Waals surface area (Å²) in [5.74, 6) is -1.93. The van der Waals surface area contributed by atoms with Crippen molar-refractivity contribution >= 4 is 35.1 Å². The lowest BCUT2D eigenvalue weighted by Gasteiger charge is -2.17. The molecule has 3 amide bonds. The number of alkyl halides is 1. The Balaban J connectivity index is 2.58.